The van der Waals surface area contributed by atoms with Crippen LogP contribution in [0.2, 0.25) is 0 Å². The Labute approximate surface area is 116 Å². The SMILES string of the molecule is CCc1c(OCc2c[c]sc2)ccc(C(C)=O)c1O. The van der Waals surface area contributed by atoms with Gasteiger partial charge in [0.1, 0.15) is 18.1 Å². The molecular formula is C15H15O3S. The number of carbonyl (C=O) groups excluding carboxylic acids is 1. The van der Waals surface area contributed by atoms with E-state index < -0.39 is 0 Å². The van der Waals surface area contributed by atoms with Crippen molar-refractivity contribution < 1.29 is 14.6 Å². The highest BCUT2D eigenvalue weighted by molar-refractivity contribution is 7.07. The molecule has 3 nitrogen and oxygen atoms in total. The van der Waals surface area contributed by atoms with Crippen LogP contribution in [0.1, 0.15) is 35.3 Å². The summed E-state index contributed by atoms with van der Waals surface area (Å²) in [5.41, 5.74) is 2.06. The minimum absolute atomic E-state index is 0.0318. The van der Waals surface area contributed by atoms with Gasteiger partial charge in [-0.3, -0.25) is 4.79 Å². The molecule has 2 aromatic rings. The molecule has 1 heterocycles. The highest BCUT2D eigenvalue weighted by Crippen LogP contribution is 2.32. The molecule has 1 aromatic heterocycles. The lowest BCUT2D eigenvalue weighted by atomic mass is 10.0. The van der Waals surface area contributed by atoms with Gasteiger partial charge in [0.25, 0.3) is 0 Å². The largest absolute Gasteiger partial charge is 0.507 e. The number of ketones is 1. The van der Waals surface area contributed by atoms with E-state index in [9.17, 15) is 9.90 Å². The third-order valence-electron chi connectivity index (χ3n) is 2.89. The third kappa shape index (κ3) is 2.96. The van der Waals surface area contributed by atoms with E-state index in [1.165, 1.54) is 18.3 Å². The van der Waals surface area contributed by atoms with E-state index in [-0.39, 0.29) is 11.5 Å². The standard InChI is InChI=1S/C15H15O3S/c1-3-12-14(18-8-11-6-7-19-9-11)5-4-13(10(2)16)15(12)17/h4-6,9,17H,3,8H2,1-2H3. The Kier molecular flexibility index (Phi) is 4.22. The van der Waals surface area contributed by atoms with Gasteiger partial charge in [-0.05, 0) is 36.9 Å². The zero-order valence-corrected chi connectivity index (χ0v) is 11.7. The molecule has 0 amide bonds. The molecule has 0 saturated carbocycles. The summed E-state index contributed by atoms with van der Waals surface area (Å²) in [4.78, 5) is 11.4. The molecule has 19 heavy (non-hydrogen) atoms. The van der Waals surface area contributed by atoms with Crippen molar-refractivity contribution in [2.24, 2.45) is 0 Å². The van der Waals surface area contributed by atoms with Crippen LogP contribution in [0.25, 0.3) is 0 Å². The van der Waals surface area contributed by atoms with E-state index in [1.54, 1.807) is 12.1 Å². The molecule has 99 valence electrons. The second-order valence-electron chi connectivity index (χ2n) is 4.21. The number of hydrogen-bond acceptors (Lipinski definition) is 4. The number of Topliss-reactive ketones (excluding diaryl/α,β-unsaturated/α-hetero) is 1. The van der Waals surface area contributed by atoms with E-state index in [1.807, 2.05) is 18.4 Å². The fraction of sp³-hybridized carbons (Fsp3) is 0.267. The maximum absolute atomic E-state index is 11.4. The number of hydrogen-bond donors (Lipinski definition) is 1. The van der Waals surface area contributed by atoms with Crippen molar-refractivity contribution in [3.05, 3.63) is 45.6 Å². The van der Waals surface area contributed by atoms with Crippen molar-refractivity contribution in [1.29, 1.82) is 0 Å². The summed E-state index contributed by atoms with van der Waals surface area (Å²) in [6.07, 6.45) is 0.609. The van der Waals surface area contributed by atoms with Gasteiger partial charge >= 0.3 is 0 Å². The molecule has 4 heteroatoms. The van der Waals surface area contributed by atoms with Crippen LogP contribution in [0.15, 0.2) is 23.6 Å². The minimum Gasteiger partial charge on any atom is -0.507 e. The van der Waals surface area contributed by atoms with E-state index in [2.05, 4.69) is 5.38 Å². The Morgan fingerprint density at radius 2 is 2.26 bits per heavy atom. The second-order valence-corrected chi connectivity index (χ2v) is 4.92. The van der Waals surface area contributed by atoms with Gasteiger partial charge in [-0.2, -0.15) is 0 Å². The highest BCUT2D eigenvalue weighted by atomic mass is 32.1. The van der Waals surface area contributed by atoms with E-state index in [0.717, 1.165) is 5.56 Å². The number of benzene rings is 1. The number of phenolic OH excluding ortho intramolecular Hbond substituents is 1. The molecule has 0 aliphatic rings. The fourth-order valence-electron chi connectivity index (χ4n) is 1.87. The van der Waals surface area contributed by atoms with Crippen LogP contribution >= 0.6 is 11.3 Å². The van der Waals surface area contributed by atoms with Gasteiger partial charge in [-0.15, -0.1) is 11.3 Å². The first-order valence-corrected chi connectivity index (χ1v) is 6.93. The smallest absolute Gasteiger partial charge is 0.163 e. The maximum Gasteiger partial charge on any atom is 0.163 e. The number of ether oxygens (including phenoxy) is 1. The van der Waals surface area contributed by atoms with Crippen LogP contribution in [0.3, 0.4) is 0 Å². The van der Waals surface area contributed by atoms with Gasteiger partial charge < -0.3 is 9.84 Å². The Bertz CT molecular complexity index is 573. The van der Waals surface area contributed by atoms with Crippen LogP contribution in [-0.2, 0) is 13.0 Å². The number of carbonyl (C=O) groups is 1. The first kappa shape index (κ1) is 13.6. The molecule has 0 fully saturated rings. The number of thiophene rings is 1. The molecule has 1 radical (unpaired) electrons. The van der Waals surface area contributed by atoms with Gasteiger partial charge in [-0.1, -0.05) is 6.92 Å². The lowest BCUT2D eigenvalue weighted by molar-refractivity contribution is 0.101. The summed E-state index contributed by atoms with van der Waals surface area (Å²) in [7, 11) is 0. The zero-order valence-electron chi connectivity index (χ0n) is 10.9. The molecule has 0 bridgehead atoms. The van der Waals surface area contributed by atoms with E-state index >= 15 is 0 Å². The first-order chi connectivity index (χ1) is 9.13. The average Bonchev–Trinajstić information content (AvgIpc) is 2.89. The Hall–Kier alpha value is -1.81. The lowest BCUT2D eigenvalue weighted by Gasteiger charge is -2.13. The summed E-state index contributed by atoms with van der Waals surface area (Å²) < 4.78 is 5.70. The van der Waals surface area contributed by atoms with Crippen LogP contribution in [0.5, 0.6) is 11.5 Å². The number of rotatable bonds is 5. The van der Waals surface area contributed by atoms with Crippen molar-refractivity contribution in [2.75, 3.05) is 0 Å². The molecule has 0 saturated heterocycles. The first-order valence-electron chi connectivity index (χ1n) is 6.05. The van der Waals surface area contributed by atoms with Crippen LogP contribution in [0.4, 0.5) is 0 Å². The van der Waals surface area contributed by atoms with Gasteiger partial charge in [0.2, 0.25) is 0 Å². The summed E-state index contributed by atoms with van der Waals surface area (Å²) in [6.45, 7) is 3.80. The third-order valence-corrected chi connectivity index (χ3v) is 3.56. The lowest BCUT2D eigenvalue weighted by Crippen LogP contribution is -2.01. The predicted molar refractivity (Wildman–Crippen MR) is 75.0 cm³/mol. The summed E-state index contributed by atoms with van der Waals surface area (Å²) >= 11 is 1.50. The van der Waals surface area contributed by atoms with Gasteiger partial charge in [-0.25, -0.2) is 0 Å². The van der Waals surface area contributed by atoms with Gasteiger partial charge in [0, 0.05) is 16.5 Å². The highest BCUT2D eigenvalue weighted by Gasteiger charge is 2.15. The molecule has 1 N–H and O–H groups in total. The molecule has 0 spiro atoms. The average molecular weight is 275 g/mol. The topological polar surface area (TPSA) is 46.5 Å². The Balaban J connectivity index is 2.25. The minimum atomic E-state index is -0.147. The number of phenols is 1. The number of aromatic hydroxyl groups is 1. The maximum atomic E-state index is 11.4. The van der Waals surface area contributed by atoms with Crippen LogP contribution in [0, 0.1) is 5.38 Å². The molecule has 0 aliphatic heterocycles. The Morgan fingerprint density at radius 3 is 2.84 bits per heavy atom. The normalized spacial score (nSPS) is 10.4. The summed E-state index contributed by atoms with van der Waals surface area (Å²) in [5, 5.41) is 15.1. The van der Waals surface area contributed by atoms with Gasteiger partial charge in [0.15, 0.2) is 5.78 Å². The van der Waals surface area contributed by atoms with Crippen molar-refractivity contribution in [3.63, 3.8) is 0 Å². The molecule has 0 atom stereocenters. The molecular weight excluding hydrogens is 260 g/mol. The molecule has 2 rings (SSSR count). The quantitative estimate of drug-likeness (QED) is 0.848. The van der Waals surface area contributed by atoms with E-state index in [0.29, 0.717) is 29.9 Å². The molecule has 0 aliphatic carbocycles. The summed E-state index contributed by atoms with van der Waals surface area (Å²) in [6, 6.07) is 5.22. The molecule has 0 unspecified atom stereocenters. The van der Waals surface area contributed by atoms with E-state index in [4.69, 9.17) is 4.74 Å². The summed E-state index contributed by atoms with van der Waals surface area (Å²) in [5.74, 6) is 0.506. The van der Waals surface area contributed by atoms with Crippen LogP contribution < -0.4 is 4.74 Å². The van der Waals surface area contributed by atoms with Crippen molar-refractivity contribution in [1.82, 2.24) is 0 Å². The van der Waals surface area contributed by atoms with Crippen molar-refractivity contribution in [3.8, 4) is 11.5 Å². The van der Waals surface area contributed by atoms with Gasteiger partial charge in [0.05, 0.1) is 5.56 Å². The zero-order chi connectivity index (χ0) is 13.8. The fourth-order valence-corrected chi connectivity index (χ4v) is 2.44. The van der Waals surface area contributed by atoms with Crippen LogP contribution in [-0.4, -0.2) is 10.9 Å². The predicted octanol–water partition coefficient (Wildman–Crippen LogP) is 3.60. The second kappa shape index (κ2) is 5.89. The molecule has 1 aromatic carbocycles. The monoisotopic (exact) mass is 275 g/mol. The van der Waals surface area contributed by atoms with Crippen molar-refractivity contribution in [2.45, 2.75) is 26.9 Å². The van der Waals surface area contributed by atoms with Crippen molar-refractivity contribution >= 4 is 17.1 Å². The Morgan fingerprint density at radius 1 is 1.47 bits per heavy atom.